The third-order valence-electron chi connectivity index (χ3n) is 5.50. The monoisotopic (exact) mass is 282 g/mol. The standard InChI is InChI=1S/C17H34N2O/c1-4-15(2)19(3)12-11-18-16-8-13-20-17(14-16)9-6-5-7-10-17/h15-16,18H,4-14H2,1-3H3. The SMILES string of the molecule is CCC(C)N(C)CCNC1CCOC2(CCCCC2)C1. The maximum atomic E-state index is 6.17. The van der Waals surface area contributed by atoms with Crippen molar-refractivity contribution in [3.8, 4) is 0 Å². The first-order chi connectivity index (χ1) is 9.65. The van der Waals surface area contributed by atoms with Gasteiger partial charge in [0.25, 0.3) is 0 Å². The van der Waals surface area contributed by atoms with Gasteiger partial charge in [-0.3, -0.25) is 0 Å². The molecule has 1 heterocycles. The van der Waals surface area contributed by atoms with Crippen LogP contribution in [0, 0.1) is 0 Å². The van der Waals surface area contributed by atoms with Crippen LogP contribution in [0.3, 0.4) is 0 Å². The van der Waals surface area contributed by atoms with Crippen molar-refractivity contribution in [1.82, 2.24) is 10.2 Å². The van der Waals surface area contributed by atoms with Crippen molar-refractivity contribution in [3.63, 3.8) is 0 Å². The van der Waals surface area contributed by atoms with Crippen LogP contribution in [-0.4, -0.2) is 49.3 Å². The van der Waals surface area contributed by atoms with E-state index in [1.165, 1.54) is 51.4 Å². The Kier molecular flexibility index (Phi) is 6.31. The van der Waals surface area contributed by atoms with Gasteiger partial charge in [0.05, 0.1) is 5.60 Å². The topological polar surface area (TPSA) is 24.5 Å². The van der Waals surface area contributed by atoms with Gasteiger partial charge in [-0.15, -0.1) is 0 Å². The summed E-state index contributed by atoms with van der Waals surface area (Å²) in [5.74, 6) is 0. The molecule has 0 aromatic heterocycles. The molecule has 1 aliphatic heterocycles. The number of nitrogens with zero attached hydrogens (tertiary/aromatic N) is 1. The van der Waals surface area contributed by atoms with Crippen molar-refractivity contribution in [3.05, 3.63) is 0 Å². The van der Waals surface area contributed by atoms with Crippen LogP contribution in [0.1, 0.15) is 65.2 Å². The second-order valence-corrected chi connectivity index (χ2v) is 6.97. The number of likely N-dealkylation sites (N-methyl/N-ethyl adjacent to an activating group) is 1. The van der Waals surface area contributed by atoms with E-state index in [2.05, 4.69) is 31.1 Å². The lowest BCUT2D eigenvalue weighted by atomic mass is 9.78. The van der Waals surface area contributed by atoms with Crippen molar-refractivity contribution >= 4 is 0 Å². The van der Waals surface area contributed by atoms with Gasteiger partial charge < -0.3 is 15.0 Å². The molecule has 20 heavy (non-hydrogen) atoms. The second-order valence-electron chi connectivity index (χ2n) is 6.97. The van der Waals surface area contributed by atoms with E-state index in [-0.39, 0.29) is 5.60 Å². The van der Waals surface area contributed by atoms with Crippen molar-refractivity contribution in [2.24, 2.45) is 0 Å². The van der Waals surface area contributed by atoms with Crippen LogP contribution < -0.4 is 5.32 Å². The van der Waals surface area contributed by atoms with Gasteiger partial charge in [-0.1, -0.05) is 26.2 Å². The minimum atomic E-state index is 0.233. The van der Waals surface area contributed by atoms with E-state index in [4.69, 9.17) is 4.74 Å². The van der Waals surface area contributed by atoms with Crippen molar-refractivity contribution in [2.45, 2.75) is 82.9 Å². The van der Waals surface area contributed by atoms with Crippen molar-refractivity contribution < 1.29 is 4.74 Å². The zero-order valence-electron chi connectivity index (χ0n) is 13.8. The molecule has 1 saturated heterocycles. The number of nitrogens with one attached hydrogen (secondary N) is 1. The van der Waals surface area contributed by atoms with Crippen molar-refractivity contribution in [1.29, 1.82) is 0 Å². The molecule has 0 bridgehead atoms. The molecule has 2 unspecified atom stereocenters. The third-order valence-corrected chi connectivity index (χ3v) is 5.50. The lowest BCUT2D eigenvalue weighted by molar-refractivity contribution is -0.109. The smallest absolute Gasteiger partial charge is 0.0697 e. The fourth-order valence-corrected chi connectivity index (χ4v) is 3.72. The Morgan fingerprint density at radius 1 is 1.30 bits per heavy atom. The fourth-order valence-electron chi connectivity index (χ4n) is 3.72. The summed E-state index contributed by atoms with van der Waals surface area (Å²) in [5.41, 5.74) is 0.233. The minimum absolute atomic E-state index is 0.233. The highest BCUT2D eigenvalue weighted by Crippen LogP contribution is 2.38. The molecular formula is C17H34N2O. The van der Waals surface area contributed by atoms with Gasteiger partial charge in [0, 0.05) is 31.8 Å². The second kappa shape index (κ2) is 7.77. The highest BCUT2D eigenvalue weighted by atomic mass is 16.5. The van der Waals surface area contributed by atoms with E-state index in [0.717, 1.165) is 19.7 Å². The lowest BCUT2D eigenvalue weighted by Crippen LogP contribution is -2.49. The van der Waals surface area contributed by atoms with Crippen molar-refractivity contribution in [2.75, 3.05) is 26.7 Å². The maximum Gasteiger partial charge on any atom is 0.0697 e. The van der Waals surface area contributed by atoms with Gasteiger partial charge in [-0.25, -0.2) is 0 Å². The Hall–Kier alpha value is -0.120. The molecule has 3 nitrogen and oxygen atoms in total. The molecule has 3 heteroatoms. The van der Waals surface area contributed by atoms with E-state index in [1.807, 2.05) is 0 Å². The summed E-state index contributed by atoms with van der Waals surface area (Å²) in [6.07, 6.45) is 10.4. The molecule has 2 rings (SSSR count). The zero-order valence-corrected chi connectivity index (χ0v) is 13.8. The summed E-state index contributed by atoms with van der Waals surface area (Å²) < 4.78 is 6.17. The summed E-state index contributed by atoms with van der Waals surface area (Å²) in [7, 11) is 2.24. The summed E-state index contributed by atoms with van der Waals surface area (Å²) in [6, 6.07) is 1.36. The van der Waals surface area contributed by atoms with Gasteiger partial charge in [0.1, 0.15) is 0 Å². The van der Waals surface area contributed by atoms with Crippen LogP contribution in [0.15, 0.2) is 0 Å². The van der Waals surface area contributed by atoms with Gasteiger partial charge in [-0.2, -0.15) is 0 Å². The summed E-state index contributed by atoms with van der Waals surface area (Å²) in [6.45, 7) is 7.80. The zero-order chi connectivity index (χ0) is 14.4. The number of hydrogen-bond donors (Lipinski definition) is 1. The first-order valence-corrected chi connectivity index (χ1v) is 8.73. The Morgan fingerprint density at radius 2 is 2.05 bits per heavy atom. The fraction of sp³-hybridized carbons (Fsp3) is 1.00. The highest BCUT2D eigenvalue weighted by Gasteiger charge is 2.38. The molecule has 0 amide bonds. The van der Waals surface area contributed by atoms with Crippen LogP contribution in [0.25, 0.3) is 0 Å². The minimum Gasteiger partial charge on any atom is -0.375 e. The number of ether oxygens (including phenoxy) is 1. The maximum absolute atomic E-state index is 6.17. The molecule has 1 N–H and O–H groups in total. The molecule has 1 aliphatic carbocycles. The molecule has 2 atom stereocenters. The number of rotatable bonds is 6. The Bertz CT molecular complexity index is 271. The van der Waals surface area contributed by atoms with Crippen LogP contribution >= 0.6 is 0 Å². The average Bonchev–Trinajstić information content (AvgIpc) is 2.47. The first-order valence-electron chi connectivity index (χ1n) is 8.73. The molecular weight excluding hydrogens is 248 g/mol. The van der Waals surface area contributed by atoms with Gasteiger partial charge >= 0.3 is 0 Å². The van der Waals surface area contributed by atoms with Crippen LogP contribution in [0.2, 0.25) is 0 Å². The summed E-state index contributed by atoms with van der Waals surface area (Å²) >= 11 is 0. The Morgan fingerprint density at radius 3 is 2.75 bits per heavy atom. The van der Waals surface area contributed by atoms with Gasteiger partial charge in [0.15, 0.2) is 0 Å². The van der Waals surface area contributed by atoms with Crippen LogP contribution in [0.5, 0.6) is 0 Å². The van der Waals surface area contributed by atoms with E-state index < -0.39 is 0 Å². The predicted octanol–water partition coefficient (Wildman–Crippen LogP) is 3.19. The Labute approximate surface area is 125 Å². The Balaban J connectivity index is 1.70. The molecule has 0 aromatic carbocycles. The van der Waals surface area contributed by atoms with Gasteiger partial charge in [-0.05, 0) is 46.1 Å². The number of hydrogen-bond acceptors (Lipinski definition) is 3. The summed E-state index contributed by atoms with van der Waals surface area (Å²) in [4.78, 5) is 2.46. The van der Waals surface area contributed by atoms with E-state index in [0.29, 0.717) is 12.1 Å². The highest BCUT2D eigenvalue weighted by molar-refractivity contribution is 4.92. The van der Waals surface area contributed by atoms with E-state index >= 15 is 0 Å². The quantitative estimate of drug-likeness (QED) is 0.810. The molecule has 0 radical (unpaired) electrons. The first kappa shape index (κ1) is 16.3. The van der Waals surface area contributed by atoms with Crippen LogP contribution in [0.4, 0.5) is 0 Å². The van der Waals surface area contributed by atoms with Crippen LogP contribution in [-0.2, 0) is 4.74 Å². The van der Waals surface area contributed by atoms with E-state index in [1.54, 1.807) is 0 Å². The predicted molar refractivity (Wildman–Crippen MR) is 85.2 cm³/mol. The molecule has 2 fully saturated rings. The molecule has 2 aliphatic rings. The largest absolute Gasteiger partial charge is 0.375 e. The normalized spacial score (nSPS) is 27.9. The lowest BCUT2D eigenvalue weighted by Gasteiger charge is -2.44. The molecule has 1 spiro atoms. The van der Waals surface area contributed by atoms with Gasteiger partial charge in [0.2, 0.25) is 0 Å². The average molecular weight is 282 g/mol. The third kappa shape index (κ3) is 4.44. The molecule has 118 valence electrons. The molecule has 1 saturated carbocycles. The van der Waals surface area contributed by atoms with E-state index in [9.17, 15) is 0 Å². The molecule has 0 aromatic rings. The summed E-state index contributed by atoms with van der Waals surface area (Å²) in [5, 5.41) is 3.78.